The lowest BCUT2D eigenvalue weighted by Crippen LogP contribution is -3.05. The Kier molecular flexibility index (Phi) is 4.09. The van der Waals surface area contributed by atoms with Crippen LogP contribution in [0.1, 0.15) is 26.7 Å². The van der Waals surface area contributed by atoms with Gasteiger partial charge in [0.25, 0.3) is 0 Å². The van der Waals surface area contributed by atoms with Crippen LogP contribution in [0.25, 0.3) is 0 Å². The maximum Gasteiger partial charge on any atom is 0.233 e. The molecular weight excluding hydrogens is 240 g/mol. The zero-order valence-electron chi connectivity index (χ0n) is 12.4. The minimum Gasteiger partial charge on any atom is -0.340 e. The number of imide groups is 1. The predicted octanol–water partition coefficient (Wildman–Crippen LogP) is 0.108. The Morgan fingerprint density at radius 2 is 2.00 bits per heavy atom. The minimum absolute atomic E-state index is 0.0556. The number of hydrogen-bond donors (Lipinski definition) is 1. The summed E-state index contributed by atoms with van der Waals surface area (Å²) in [6.45, 7) is 5.68. The number of amides is 2. The van der Waals surface area contributed by atoms with Gasteiger partial charge in [-0.3, -0.25) is 14.5 Å². The van der Waals surface area contributed by atoms with Gasteiger partial charge >= 0.3 is 0 Å². The molecule has 106 valence electrons. The fourth-order valence-electron chi connectivity index (χ4n) is 3.40. The molecule has 2 amide bonds. The second kappa shape index (κ2) is 5.45. The largest absolute Gasteiger partial charge is 0.340 e. The molecule has 3 atom stereocenters. The molecule has 0 unspecified atom stereocenters. The lowest BCUT2D eigenvalue weighted by Gasteiger charge is -2.25. The molecule has 0 bridgehead atoms. The average molecular weight is 265 g/mol. The van der Waals surface area contributed by atoms with Gasteiger partial charge in [-0.05, 0) is 19.3 Å². The number of carbonyl (C=O) groups is 2. The van der Waals surface area contributed by atoms with Crippen molar-refractivity contribution in [2.45, 2.75) is 26.7 Å². The van der Waals surface area contributed by atoms with E-state index in [1.54, 1.807) is 0 Å². The zero-order valence-corrected chi connectivity index (χ0v) is 12.4. The maximum atomic E-state index is 12.4. The van der Waals surface area contributed by atoms with Crippen LogP contribution in [0, 0.1) is 17.8 Å². The third-order valence-corrected chi connectivity index (χ3v) is 4.28. The van der Waals surface area contributed by atoms with Crippen molar-refractivity contribution in [2.75, 3.05) is 27.2 Å². The van der Waals surface area contributed by atoms with Gasteiger partial charge in [0.2, 0.25) is 11.8 Å². The molecule has 19 heavy (non-hydrogen) atoms. The normalized spacial score (nSPS) is 30.9. The van der Waals surface area contributed by atoms with Crippen LogP contribution in [0.2, 0.25) is 0 Å². The first-order valence-electron chi connectivity index (χ1n) is 7.23. The second-order valence-electron chi connectivity index (χ2n) is 6.35. The van der Waals surface area contributed by atoms with E-state index < -0.39 is 0 Å². The molecule has 0 radical (unpaired) electrons. The molecule has 1 aliphatic carbocycles. The highest BCUT2D eigenvalue weighted by Gasteiger charge is 2.50. The molecule has 0 aromatic heterocycles. The number of carbonyl (C=O) groups excluding carboxylic acids is 2. The smallest absolute Gasteiger partial charge is 0.233 e. The van der Waals surface area contributed by atoms with Crippen LogP contribution in [0.5, 0.6) is 0 Å². The van der Waals surface area contributed by atoms with E-state index in [1.807, 2.05) is 0 Å². The van der Waals surface area contributed by atoms with Crippen molar-refractivity contribution in [1.82, 2.24) is 4.90 Å². The van der Waals surface area contributed by atoms with Crippen molar-refractivity contribution in [1.29, 1.82) is 0 Å². The molecule has 1 aliphatic heterocycles. The summed E-state index contributed by atoms with van der Waals surface area (Å²) in [6, 6.07) is 0. The van der Waals surface area contributed by atoms with E-state index in [1.165, 1.54) is 15.4 Å². The molecule has 4 heteroatoms. The van der Waals surface area contributed by atoms with Gasteiger partial charge in [0.15, 0.2) is 0 Å². The highest BCUT2D eigenvalue weighted by molar-refractivity contribution is 6.05. The van der Waals surface area contributed by atoms with E-state index >= 15 is 0 Å². The second-order valence-corrected chi connectivity index (χ2v) is 6.35. The SMILES string of the molecule is CC1=C[C@H](C)[C@H]2C(=O)N(CCC[NH+](C)C)C(=O)[C@H]2C1. The number of fused-ring (bicyclic) bond motifs is 1. The molecule has 0 aromatic carbocycles. The summed E-state index contributed by atoms with van der Waals surface area (Å²) in [5, 5.41) is 0. The van der Waals surface area contributed by atoms with Crippen LogP contribution in [0.3, 0.4) is 0 Å². The minimum atomic E-state index is -0.108. The third kappa shape index (κ3) is 2.73. The Morgan fingerprint density at radius 1 is 1.32 bits per heavy atom. The van der Waals surface area contributed by atoms with Crippen LogP contribution >= 0.6 is 0 Å². The van der Waals surface area contributed by atoms with Crippen molar-refractivity contribution in [3.63, 3.8) is 0 Å². The lowest BCUT2D eigenvalue weighted by atomic mass is 9.76. The number of nitrogens with one attached hydrogen (secondary N) is 1. The van der Waals surface area contributed by atoms with E-state index in [9.17, 15) is 9.59 Å². The highest BCUT2D eigenvalue weighted by atomic mass is 16.2. The van der Waals surface area contributed by atoms with Crippen molar-refractivity contribution in [3.8, 4) is 0 Å². The Balaban J connectivity index is 2.06. The van der Waals surface area contributed by atoms with Gasteiger partial charge in [-0.1, -0.05) is 18.6 Å². The van der Waals surface area contributed by atoms with Crippen molar-refractivity contribution < 1.29 is 14.5 Å². The fourth-order valence-corrected chi connectivity index (χ4v) is 3.40. The summed E-state index contributed by atoms with van der Waals surface area (Å²) in [4.78, 5) is 27.7. The summed E-state index contributed by atoms with van der Waals surface area (Å²) in [7, 11) is 4.17. The van der Waals surface area contributed by atoms with Gasteiger partial charge < -0.3 is 4.90 Å². The monoisotopic (exact) mass is 265 g/mol. The van der Waals surface area contributed by atoms with E-state index in [0.29, 0.717) is 6.54 Å². The van der Waals surface area contributed by atoms with E-state index in [2.05, 4.69) is 34.0 Å². The number of quaternary nitrogens is 1. The summed E-state index contributed by atoms with van der Waals surface area (Å²) in [6.07, 6.45) is 3.80. The molecule has 0 saturated carbocycles. The highest BCUT2D eigenvalue weighted by Crippen LogP contribution is 2.40. The first kappa shape index (κ1) is 14.3. The van der Waals surface area contributed by atoms with Gasteiger partial charge in [-0.15, -0.1) is 0 Å². The van der Waals surface area contributed by atoms with Gasteiger partial charge in [0, 0.05) is 13.0 Å². The number of likely N-dealkylation sites (tertiary alicyclic amines) is 1. The van der Waals surface area contributed by atoms with E-state index in [4.69, 9.17) is 0 Å². The molecule has 2 rings (SSSR count). The summed E-state index contributed by atoms with van der Waals surface area (Å²) < 4.78 is 0. The predicted molar refractivity (Wildman–Crippen MR) is 73.5 cm³/mol. The number of allylic oxidation sites excluding steroid dienone is 2. The Hall–Kier alpha value is -1.16. The topological polar surface area (TPSA) is 41.8 Å². The van der Waals surface area contributed by atoms with E-state index in [-0.39, 0.29) is 29.6 Å². The zero-order chi connectivity index (χ0) is 14.2. The first-order valence-corrected chi connectivity index (χ1v) is 7.23. The maximum absolute atomic E-state index is 12.4. The van der Waals surface area contributed by atoms with Crippen LogP contribution in [-0.2, 0) is 9.59 Å². The third-order valence-electron chi connectivity index (χ3n) is 4.28. The molecule has 2 aliphatic rings. The number of nitrogens with zero attached hydrogens (tertiary/aromatic N) is 1. The molecule has 1 saturated heterocycles. The molecule has 0 aromatic rings. The van der Waals surface area contributed by atoms with Crippen molar-refractivity contribution in [2.24, 2.45) is 17.8 Å². The van der Waals surface area contributed by atoms with Gasteiger partial charge in [0.05, 0.1) is 32.5 Å². The summed E-state index contributed by atoms with van der Waals surface area (Å²) >= 11 is 0. The fraction of sp³-hybridized carbons (Fsp3) is 0.733. The molecular formula is C15H25N2O2+. The molecule has 1 fully saturated rings. The quantitative estimate of drug-likeness (QED) is 0.579. The molecule has 0 spiro atoms. The van der Waals surface area contributed by atoms with Crippen LogP contribution in [-0.4, -0.2) is 43.9 Å². The summed E-state index contributed by atoms with van der Waals surface area (Å²) in [5.41, 5.74) is 1.24. The van der Waals surface area contributed by atoms with Gasteiger partial charge in [-0.2, -0.15) is 0 Å². The Bertz CT molecular complexity index is 414. The van der Waals surface area contributed by atoms with Crippen LogP contribution in [0.15, 0.2) is 11.6 Å². The van der Waals surface area contributed by atoms with Crippen LogP contribution in [0.4, 0.5) is 0 Å². The van der Waals surface area contributed by atoms with E-state index in [0.717, 1.165) is 19.4 Å². The Morgan fingerprint density at radius 3 is 2.63 bits per heavy atom. The number of hydrogen-bond acceptors (Lipinski definition) is 2. The van der Waals surface area contributed by atoms with Gasteiger partial charge in [0.1, 0.15) is 0 Å². The first-order chi connectivity index (χ1) is 8.91. The average Bonchev–Trinajstić information content (AvgIpc) is 2.53. The lowest BCUT2D eigenvalue weighted by molar-refractivity contribution is -0.858. The summed E-state index contributed by atoms with van der Waals surface area (Å²) in [5.74, 6) is 0.102. The van der Waals surface area contributed by atoms with Crippen molar-refractivity contribution in [3.05, 3.63) is 11.6 Å². The molecule has 1 heterocycles. The molecule has 4 nitrogen and oxygen atoms in total. The van der Waals surface area contributed by atoms with Gasteiger partial charge in [-0.25, -0.2) is 0 Å². The number of rotatable bonds is 4. The Labute approximate surface area is 115 Å². The molecule has 1 N–H and O–H groups in total. The van der Waals surface area contributed by atoms with Crippen LogP contribution < -0.4 is 4.90 Å². The standard InChI is InChI=1S/C15H24N2O2/c1-10-8-11(2)13-12(9-10)14(18)17(15(13)19)7-5-6-16(3)4/h8,11-13H,5-7,9H2,1-4H3/p+1/t11-,12-,13+/m0/s1. The van der Waals surface area contributed by atoms with Crippen molar-refractivity contribution >= 4 is 11.8 Å².